The molecule has 0 amide bonds. The van der Waals surface area contributed by atoms with Crippen LogP contribution in [0.4, 0.5) is 0 Å². The molecule has 0 rings (SSSR count). The lowest BCUT2D eigenvalue weighted by Gasteiger charge is -1.48. The molecule has 0 heterocycles. The molecule has 0 N–H and O–H groups in total. The van der Waals surface area contributed by atoms with E-state index in [1.54, 1.807) is 0 Å². The van der Waals surface area contributed by atoms with Crippen molar-refractivity contribution in [1.82, 2.24) is 0 Å². The quantitative estimate of drug-likeness (QED) is 0.234. The van der Waals surface area contributed by atoms with Gasteiger partial charge in [0.25, 0.3) is 0 Å². The molecule has 2 heteroatoms. The lowest BCUT2D eigenvalue weighted by Crippen LogP contribution is -1.75. The van der Waals surface area contributed by atoms with Crippen LogP contribution in [0.15, 0.2) is 0 Å². The van der Waals surface area contributed by atoms with Gasteiger partial charge in [0.1, 0.15) is 7.44 Å². The summed E-state index contributed by atoms with van der Waals surface area (Å²) in [6.45, 7) is 0. The third-order valence-corrected chi connectivity index (χ3v) is 0.612. The highest BCUT2D eigenvalue weighted by molar-refractivity contribution is 6.94. The van der Waals surface area contributed by atoms with Crippen molar-refractivity contribution in [3.8, 4) is 12.0 Å². The Hall–Kier alpha value is -0.158. The van der Waals surface area contributed by atoms with Gasteiger partial charge >= 0.3 is 0 Å². The van der Waals surface area contributed by atoms with Crippen LogP contribution in [0.25, 0.3) is 0 Å². The fourth-order valence-electron chi connectivity index (χ4n) is 0. The average Bonchev–Trinajstić information content (AvgIpc) is 1.37. The van der Waals surface area contributed by atoms with Gasteiger partial charge < -0.3 is 0 Å². The van der Waals surface area contributed by atoms with E-state index in [0.29, 0.717) is 0 Å². The first-order valence-electron chi connectivity index (χ1n) is 1.35. The number of hydrogen-bond donors (Lipinski definition) is 0. The van der Waals surface area contributed by atoms with Gasteiger partial charge in [-0.15, -0.1) is 6.42 Å². The summed E-state index contributed by atoms with van der Waals surface area (Å²) in [6, 6.07) is 0. The molecule has 0 saturated heterocycles. The zero-order valence-corrected chi connectivity index (χ0v) is 4.20. The van der Waals surface area contributed by atoms with E-state index < -0.39 is 0 Å². The summed E-state index contributed by atoms with van der Waals surface area (Å²) in [5.74, 6) is 0. The molecule has 0 aliphatic carbocycles. The van der Waals surface area contributed by atoms with E-state index >= 15 is 0 Å². The van der Waals surface area contributed by atoms with Crippen LogP contribution in [-0.2, 0) is 0 Å². The van der Waals surface area contributed by atoms with E-state index in [4.69, 9.17) is 6.42 Å². The summed E-state index contributed by atoms with van der Waals surface area (Å²) in [5, 5.41) is 0. The van der Waals surface area contributed by atoms with E-state index in [9.17, 15) is 0 Å². The smallest absolute Gasteiger partial charge is 0.105 e. The minimum atomic E-state index is -0.0478. The van der Waals surface area contributed by atoms with E-state index in [0.717, 1.165) is 0 Å². The third kappa shape index (κ3) is 1.84. The van der Waals surface area contributed by atoms with Crippen molar-refractivity contribution < 1.29 is 0 Å². The minimum absolute atomic E-state index is 0.0478. The Bertz CT molecular complexity index is 35.8. The number of hydrogen-bond acceptors (Lipinski definition) is 0. The maximum atomic E-state index is 4.84. The highest BCUT2D eigenvalue weighted by Gasteiger charge is 1.49. The van der Waals surface area contributed by atoms with E-state index in [-0.39, 0.29) is 9.39 Å². The van der Waals surface area contributed by atoms with Gasteiger partial charge in [0.15, 0.2) is 0 Å². The zero-order valence-electron chi connectivity index (χ0n) is 2.78. The second kappa shape index (κ2) is 2.84. The van der Waals surface area contributed by atoms with Gasteiger partial charge in [-0.05, 0) is 0 Å². The SMILES string of the molecule is B[SiH2]C#C. The standard InChI is InChI=1S/C2H5BSi/c1-2-4-3/h1H,3-4H2. The molecule has 0 nitrogen and oxygen atoms in total. The Morgan fingerprint density at radius 3 is 2.25 bits per heavy atom. The molecule has 0 bridgehead atoms. The molecule has 0 aromatic carbocycles. The minimum Gasteiger partial charge on any atom is -0.152 e. The Morgan fingerprint density at radius 2 is 2.25 bits per heavy atom. The summed E-state index contributed by atoms with van der Waals surface area (Å²) in [6.07, 6.45) is 4.84. The van der Waals surface area contributed by atoms with Gasteiger partial charge in [-0.3, -0.25) is 0 Å². The molecule has 4 heavy (non-hydrogen) atoms. The van der Waals surface area contributed by atoms with E-state index in [1.165, 1.54) is 0 Å². The Labute approximate surface area is 29.8 Å². The lowest BCUT2D eigenvalue weighted by atomic mass is 10.8. The Balaban J connectivity index is 2.43. The molecule has 0 aliphatic rings. The lowest BCUT2D eigenvalue weighted by molar-refractivity contribution is 3.06. The van der Waals surface area contributed by atoms with Gasteiger partial charge in [0.05, 0.1) is 9.39 Å². The van der Waals surface area contributed by atoms with Crippen molar-refractivity contribution in [1.29, 1.82) is 0 Å². The summed E-state index contributed by atoms with van der Waals surface area (Å²) in [5.41, 5.74) is 2.57. The van der Waals surface area contributed by atoms with Crippen molar-refractivity contribution in [2.24, 2.45) is 0 Å². The van der Waals surface area contributed by atoms with Gasteiger partial charge in [-0.2, -0.15) is 5.54 Å². The summed E-state index contributed by atoms with van der Waals surface area (Å²) < 4.78 is 0. The van der Waals surface area contributed by atoms with E-state index in [1.807, 2.05) is 0 Å². The van der Waals surface area contributed by atoms with Crippen molar-refractivity contribution in [3.63, 3.8) is 0 Å². The molecule has 0 aliphatic heterocycles. The summed E-state index contributed by atoms with van der Waals surface area (Å²) in [7, 11) is 2.04. The molecule has 0 radical (unpaired) electrons. The summed E-state index contributed by atoms with van der Waals surface area (Å²) in [4.78, 5) is 0. The molecule has 0 fully saturated rings. The monoisotopic (exact) mass is 68.0 g/mol. The first-order chi connectivity index (χ1) is 1.91. The van der Waals surface area contributed by atoms with Crippen LogP contribution in [0.2, 0.25) is 0 Å². The topological polar surface area (TPSA) is 0 Å². The molecule has 0 unspecified atom stereocenters. The van der Waals surface area contributed by atoms with Crippen LogP contribution in [-0.4, -0.2) is 16.8 Å². The number of terminal acetylenes is 1. The fourth-order valence-corrected chi connectivity index (χ4v) is 0. The van der Waals surface area contributed by atoms with Crippen LogP contribution >= 0.6 is 0 Å². The highest BCUT2D eigenvalue weighted by atomic mass is 28.2. The van der Waals surface area contributed by atoms with Gasteiger partial charge in [-0.1, -0.05) is 0 Å². The molecule has 0 atom stereocenters. The maximum absolute atomic E-state index is 4.84. The maximum Gasteiger partial charge on any atom is 0.105 e. The average molecular weight is 68.0 g/mol. The highest BCUT2D eigenvalue weighted by Crippen LogP contribution is 1.25. The predicted octanol–water partition coefficient (Wildman–Crippen LogP) is -1.71. The molecule has 0 saturated carbocycles. The first-order valence-corrected chi connectivity index (χ1v) is 3.47. The Kier molecular flexibility index (Phi) is 2.73. The van der Waals surface area contributed by atoms with Gasteiger partial charge in [0.2, 0.25) is 0 Å². The van der Waals surface area contributed by atoms with Crippen LogP contribution in [0, 0.1) is 12.0 Å². The number of rotatable bonds is 0. The third-order valence-electron chi connectivity index (χ3n) is 0.204. The van der Waals surface area contributed by atoms with Gasteiger partial charge in [0, 0.05) is 0 Å². The summed E-state index contributed by atoms with van der Waals surface area (Å²) >= 11 is 0. The molecule has 0 aromatic heterocycles. The molecule has 0 aromatic rings. The van der Waals surface area contributed by atoms with Crippen LogP contribution < -0.4 is 0 Å². The zero-order chi connectivity index (χ0) is 3.41. The second-order valence-corrected chi connectivity index (χ2v) is 1.67. The predicted molar refractivity (Wildman–Crippen MR) is 25.9 cm³/mol. The van der Waals surface area contributed by atoms with E-state index in [2.05, 4.69) is 13.0 Å². The first kappa shape index (κ1) is 3.84. The fraction of sp³-hybridized carbons (Fsp3) is 0. The van der Waals surface area contributed by atoms with Crippen molar-refractivity contribution >= 4 is 16.8 Å². The Morgan fingerprint density at radius 1 is 2.00 bits per heavy atom. The molecule has 20 valence electrons. The van der Waals surface area contributed by atoms with Gasteiger partial charge in [-0.25, -0.2) is 0 Å². The van der Waals surface area contributed by atoms with Crippen molar-refractivity contribution in [2.75, 3.05) is 0 Å². The van der Waals surface area contributed by atoms with Crippen molar-refractivity contribution in [2.45, 2.75) is 0 Å². The van der Waals surface area contributed by atoms with Crippen LogP contribution in [0.1, 0.15) is 0 Å². The largest absolute Gasteiger partial charge is 0.152 e. The van der Waals surface area contributed by atoms with Crippen molar-refractivity contribution in [3.05, 3.63) is 0 Å². The molecular weight excluding hydrogens is 62.9 g/mol. The van der Waals surface area contributed by atoms with Crippen LogP contribution in [0.5, 0.6) is 0 Å². The van der Waals surface area contributed by atoms with Crippen LogP contribution in [0.3, 0.4) is 0 Å². The molecular formula is C2H5BSi. The normalized spacial score (nSPS) is 7.75. The molecule has 0 spiro atoms. The second-order valence-electron chi connectivity index (χ2n) is 0.558.